The molecule has 0 bridgehead atoms. The van der Waals surface area contributed by atoms with Crippen molar-refractivity contribution in [1.29, 1.82) is 0 Å². The molecule has 0 aliphatic heterocycles. The second-order valence-electron chi connectivity index (χ2n) is 4.65. The van der Waals surface area contributed by atoms with E-state index in [4.69, 9.17) is 10.5 Å². The lowest BCUT2D eigenvalue weighted by molar-refractivity contribution is 0.416. The highest BCUT2D eigenvalue weighted by Gasteiger charge is 2.21. The van der Waals surface area contributed by atoms with Crippen LogP contribution in [0.2, 0.25) is 0 Å². The van der Waals surface area contributed by atoms with E-state index in [-0.39, 0.29) is 4.90 Å². The summed E-state index contributed by atoms with van der Waals surface area (Å²) in [4.78, 5) is 0.152. The van der Waals surface area contributed by atoms with Crippen LogP contribution in [0.25, 0.3) is 0 Å². The van der Waals surface area contributed by atoms with Crippen molar-refractivity contribution in [2.75, 3.05) is 19.9 Å². The summed E-state index contributed by atoms with van der Waals surface area (Å²) in [5.74, 6) is 0.458. The first-order chi connectivity index (χ1) is 9.95. The van der Waals surface area contributed by atoms with Crippen molar-refractivity contribution in [3.63, 3.8) is 0 Å². The third-order valence-corrected chi connectivity index (χ3v) is 4.96. The van der Waals surface area contributed by atoms with Crippen LogP contribution in [-0.2, 0) is 16.6 Å². The first-order valence-corrected chi connectivity index (χ1v) is 7.83. The van der Waals surface area contributed by atoms with E-state index in [1.807, 2.05) is 30.3 Å². The van der Waals surface area contributed by atoms with Crippen molar-refractivity contribution in [2.45, 2.75) is 11.4 Å². The second kappa shape index (κ2) is 6.15. The maximum absolute atomic E-state index is 12.5. The maximum atomic E-state index is 12.5. The molecule has 2 N–H and O–H groups in total. The highest BCUT2D eigenvalue weighted by molar-refractivity contribution is 7.89. The molecule has 5 nitrogen and oxygen atoms in total. The average molecular weight is 306 g/mol. The summed E-state index contributed by atoms with van der Waals surface area (Å²) in [6, 6.07) is 13.9. The average Bonchev–Trinajstić information content (AvgIpc) is 2.48. The normalized spacial score (nSPS) is 11.6. The lowest BCUT2D eigenvalue weighted by Crippen LogP contribution is -2.26. The molecule has 0 unspecified atom stereocenters. The molecule has 112 valence electrons. The van der Waals surface area contributed by atoms with Crippen LogP contribution < -0.4 is 10.5 Å². The molecule has 0 fully saturated rings. The Morgan fingerprint density at radius 2 is 1.81 bits per heavy atom. The third-order valence-electron chi connectivity index (χ3n) is 3.16. The molecule has 0 heterocycles. The number of hydrogen-bond acceptors (Lipinski definition) is 4. The zero-order chi connectivity index (χ0) is 15.5. The highest BCUT2D eigenvalue weighted by atomic mass is 32.2. The number of methoxy groups -OCH3 is 1. The van der Waals surface area contributed by atoms with Gasteiger partial charge in [0.05, 0.1) is 17.7 Å². The van der Waals surface area contributed by atoms with Crippen molar-refractivity contribution in [3.05, 3.63) is 54.1 Å². The van der Waals surface area contributed by atoms with Crippen molar-refractivity contribution in [3.8, 4) is 5.75 Å². The molecule has 0 amide bonds. The lowest BCUT2D eigenvalue weighted by atomic mass is 10.2. The summed E-state index contributed by atoms with van der Waals surface area (Å²) in [5, 5.41) is 0. The summed E-state index contributed by atoms with van der Waals surface area (Å²) >= 11 is 0. The number of ether oxygens (including phenoxy) is 1. The van der Waals surface area contributed by atoms with E-state index < -0.39 is 10.0 Å². The standard InChI is InChI=1S/C15H18N2O3S/c1-17(11-12-6-4-3-5-7-12)21(18,19)13-8-9-15(20-2)14(16)10-13/h3-10H,11,16H2,1-2H3. The van der Waals surface area contributed by atoms with Gasteiger partial charge in [0.2, 0.25) is 10.0 Å². The van der Waals surface area contributed by atoms with E-state index in [0.717, 1.165) is 5.56 Å². The van der Waals surface area contributed by atoms with Gasteiger partial charge in [-0.25, -0.2) is 8.42 Å². The molecule has 21 heavy (non-hydrogen) atoms. The first-order valence-electron chi connectivity index (χ1n) is 6.39. The van der Waals surface area contributed by atoms with E-state index in [2.05, 4.69) is 0 Å². The Hall–Kier alpha value is -2.05. The van der Waals surface area contributed by atoms with Gasteiger partial charge in [-0.1, -0.05) is 30.3 Å². The van der Waals surface area contributed by atoms with Gasteiger partial charge in [-0.05, 0) is 23.8 Å². The van der Waals surface area contributed by atoms with Crippen molar-refractivity contribution >= 4 is 15.7 Å². The molecule has 0 atom stereocenters. The van der Waals surface area contributed by atoms with Gasteiger partial charge in [0.25, 0.3) is 0 Å². The molecule has 0 saturated carbocycles. The van der Waals surface area contributed by atoms with Crippen LogP contribution in [0.3, 0.4) is 0 Å². The Bertz CT molecular complexity index is 715. The highest BCUT2D eigenvalue weighted by Crippen LogP contribution is 2.26. The SMILES string of the molecule is COc1ccc(S(=O)(=O)N(C)Cc2ccccc2)cc1N. The monoisotopic (exact) mass is 306 g/mol. The molecule has 2 aromatic carbocycles. The van der Waals surface area contributed by atoms with Gasteiger partial charge in [0.1, 0.15) is 5.75 Å². The van der Waals surface area contributed by atoms with Crippen LogP contribution in [0.1, 0.15) is 5.56 Å². The summed E-state index contributed by atoms with van der Waals surface area (Å²) in [7, 11) is -0.555. The third kappa shape index (κ3) is 3.34. The van der Waals surface area contributed by atoms with Gasteiger partial charge in [-0.3, -0.25) is 0 Å². The molecule has 0 radical (unpaired) electrons. The van der Waals surface area contributed by atoms with Crippen molar-refractivity contribution in [1.82, 2.24) is 4.31 Å². The molecule has 6 heteroatoms. The molecule has 0 saturated heterocycles. The Morgan fingerprint density at radius 1 is 1.14 bits per heavy atom. The number of nitrogens with two attached hydrogens (primary N) is 1. The number of rotatable bonds is 5. The quantitative estimate of drug-likeness (QED) is 0.859. The van der Waals surface area contributed by atoms with Gasteiger partial charge in [0, 0.05) is 13.6 Å². The lowest BCUT2D eigenvalue weighted by Gasteiger charge is -2.18. The fourth-order valence-electron chi connectivity index (χ4n) is 1.98. The molecule has 0 aliphatic rings. The predicted molar refractivity (Wildman–Crippen MR) is 82.5 cm³/mol. The van der Waals surface area contributed by atoms with Crippen LogP contribution in [-0.4, -0.2) is 26.9 Å². The minimum Gasteiger partial charge on any atom is -0.495 e. The molecular formula is C15H18N2O3S. The maximum Gasteiger partial charge on any atom is 0.243 e. The van der Waals surface area contributed by atoms with Crippen LogP contribution in [0.4, 0.5) is 5.69 Å². The summed E-state index contributed by atoms with van der Waals surface area (Å²) in [6.45, 7) is 0.301. The number of nitrogens with zero attached hydrogens (tertiary/aromatic N) is 1. The number of benzene rings is 2. The van der Waals surface area contributed by atoms with Crippen LogP contribution >= 0.6 is 0 Å². The molecule has 0 spiro atoms. The van der Waals surface area contributed by atoms with E-state index in [1.54, 1.807) is 13.1 Å². The van der Waals surface area contributed by atoms with E-state index in [9.17, 15) is 8.42 Å². The molecule has 2 rings (SSSR count). The summed E-state index contributed by atoms with van der Waals surface area (Å²) in [6.07, 6.45) is 0. The van der Waals surface area contributed by atoms with Crippen LogP contribution in [0.5, 0.6) is 5.75 Å². The van der Waals surface area contributed by atoms with Crippen molar-refractivity contribution in [2.24, 2.45) is 0 Å². The molecule has 0 aliphatic carbocycles. The minimum atomic E-state index is -3.59. The minimum absolute atomic E-state index is 0.152. The molecule has 2 aromatic rings. The van der Waals surface area contributed by atoms with Gasteiger partial charge in [-0.15, -0.1) is 0 Å². The van der Waals surface area contributed by atoms with Crippen LogP contribution in [0.15, 0.2) is 53.4 Å². The second-order valence-corrected chi connectivity index (χ2v) is 6.70. The number of anilines is 1. The molecule has 0 aromatic heterocycles. The zero-order valence-electron chi connectivity index (χ0n) is 12.0. The Kier molecular flexibility index (Phi) is 4.50. The van der Waals surface area contributed by atoms with E-state index >= 15 is 0 Å². The van der Waals surface area contributed by atoms with Gasteiger partial charge >= 0.3 is 0 Å². The molecular weight excluding hydrogens is 288 g/mol. The Labute approximate surface area is 125 Å². The largest absolute Gasteiger partial charge is 0.495 e. The summed E-state index contributed by atoms with van der Waals surface area (Å²) in [5.41, 5.74) is 6.99. The predicted octanol–water partition coefficient (Wildman–Crippen LogP) is 2.10. The zero-order valence-corrected chi connectivity index (χ0v) is 12.8. The van der Waals surface area contributed by atoms with Gasteiger partial charge < -0.3 is 10.5 Å². The summed E-state index contributed by atoms with van der Waals surface area (Å²) < 4.78 is 31.4. The topological polar surface area (TPSA) is 72.6 Å². The fraction of sp³-hybridized carbons (Fsp3) is 0.200. The smallest absolute Gasteiger partial charge is 0.243 e. The first kappa shape index (κ1) is 15.3. The number of sulfonamides is 1. The Balaban J connectivity index is 2.27. The van der Waals surface area contributed by atoms with E-state index in [0.29, 0.717) is 18.0 Å². The van der Waals surface area contributed by atoms with Gasteiger partial charge in [0.15, 0.2) is 0 Å². The van der Waals surface area contributed by atoms with Crippen molar-refractivity contribution < 1.29 is 13.2 Å². The number of nitrogen functional groups attached to an aromatic ring is 1. The number of hydrogen-bond donors (Lipinski definition) is 1. The van der Waals surface area contributed by atoms with E-state index in [1.165, 1.54) is 23.5 Å². The van der Waals surface area contributed by atoms with Gasteiger partial charge in [-0.2, -0.15) is 4.31 Å². The Morgan fingerprint density at radius 3 is 2.38 bits per heavy atom. The van der Waals surface area contributed by atoms with Crippen LogP contribution in [0, 0.1) is 0 Å². The fourth-order valence-corrected chi connectivity index (χ4v) is 3.17.